The molecule has 186 valence electrons. The van der Waals surface area contributed by atoms with Crippen LogP contribution >= 0.6 is 0 Å². The first-order valence-corrected chi connectivity index (χ1v) is 11.2. The highest BCUT2D eigenvalue weighted by molar-refractivity contribution is 5.94. The van der Waals surface area contributed by atoms with Gasteiger partial charge in [0.15, 0.2) is 0 Å². The summed E-state index contributed by atoms with van der Waals surface area (Å²) in [4.78, 5) is 49.2. The number of aliphatic carboxylic acids is 1. The number of nitrogens with two attached hydrogens (primary N) is 2. The minimum atomic E-state index is -1.49. The molecule has 0 saturated heterocycles. The van der Waals surface area contributed by atoms with Gasteiger partial charge in [0.05, 0.1) is 12.6 Å². The van der Waals surface area contributed by atoms with Crippen molar-refractivity contribution in [2.75, 3.05) is 13.2 Å². The van der Waals surface area contributed by atoms with E-state index in [9.17, 15) is 19.2 Å². The standard InChI is InChI=1S/C21H41N5O6/c1-5-13(4)17(23)20(30)25-15(10-12(2)3)19(29)24-14(8-6-7-9-22)18(28)26-16(11-27)21(31)32/h12-17,27H,5-11,22-23H2,1-4H3,(H,24,29)(H,25,30)(H,26,28)(H,31,32). The Morgan fingerprint density at radius 1 is 0.875 bits per heavy atom. The van der Waals surface area contributed by atoms with Crippen molar-refractivity contribution >= 4 is 23.7 Å². The smallest absolute Gasteiger partial charge is 0.328 e. The number of rotatable bonds is 16. The van der Waals surface area contributed by atoms with Gasteiger partial charge in [0, 0.05) is 0 Å². The summed E-state index contributed by atoms with van der Waals surface area (Å²) in [6.07, 6.45) is 2.38. The van der Waals surface area contributed by atoms with Crippen LogP contribution in [0.5, 0.6) is 0 Å². The van der Waals surface area contributed by atoms with Crippen molar-refractivity contribution in [3.63, 3.8) is 0 Å². The van der Waals surface area contributed by atoms with Crippen LogP contribution in [0.2, 0.25) is 0 Å². The number of hydrogen-bond donors (Lipinski definition) is 7. The van der Waals surface area contributed by atoms with Gasteiger partial charge < -0.3 is 37.6 Å². The number of carbonyl (C=O) groups is 4. The summed E-state index contributed by atoms with van der Waals surface area (Å²) in [5.41, 5.74) is 11.5. The highest BCUT2D eigenvalue weighted by Gasteiger charge is 2.31. The van der Waals surface area contributed by atoms with E-state index in [1.165, 1.54) is 0 Å². The van der Waals surface area contributed by atoms with E-state index in [0.717, 1.165) is 0 Å². The number of hydrogen-bond acceptors (Lipinski definition) is 7. The minimum Gasteiger partial charge on any atom is -0.480 e. The van der Waals surface area contributed by atoms with Gasteiger partial charge in [0.1, 0.15) is 18.1 Å². The van der Waals surface area contributed by atoms with Gasteiger partial charge in [-0.3, -0.25) is 14.4 Å². The van der Waals surface area contributed by atoms with Crippen LogP contribution in [0.15, 0.2) is 0 Å². The number of nitrogens with one attached hydrogen (secondary N) is 3. The van der Waals surface area contributed by atoms with E-state index >= 15 is 0 Å². The molecule has 0 spiro atoms. The lowest BCUT2D eigenvalue weighted by Crippen LogP contribution is -2.58. The summed E-state index contributed by atoms with van der Waals surface area (Å²) < 4.78 is 0. The van der Waals surface area contributed by atoms with Gasteiger partial charge in [-0.15, -0.1) is 0 Å². The Bertz CT molecular complexity index is 615. The maximum Gasteiger partial charge on any atom is 0.328 e. The summed E-state index contributed by atoms with van der Waals surface area (Å²) in [6.45, 7) is 7.16. The number of carboxylic acids is 1. The molecule has 0 aliphatic heterocycles. The largest absolute Gasteiger partial charge is 0.480 e. The Balaban J connectivity index is 5.45. The molecule has 0 rings (SSSR count). The molecule has 5 atom stereocenters. The van der Waals surface area contributed by atoms with Gasteiger partial charge >= 0.3 is 5.97 Å². The van der Waals surface area contributed by atoms with E-state index in [2.05, 4.69) is 16.0 Å². The predicted octanol–water partition coefficient (Wildman–Crippen LogP) is -0.934. The molecule has 0 aliphatic rings. The van der Waals surface area contributed by atoms with Gasteiger partial charge in [-0.25, -0.2) is 4.79 Å². The lowest BCUT2D eigenvalue weighted by molar-refractivity contribution is -0.143. The zero-order valence-electron chi connectivity index (χ0n) is 19.6. The quantitative estimate of drug-likeness (QED) is 0.144. The molecule has 0 aromatic rings. The third-order valence-electron chi connectivity index (χ3n) is 5.28. The number of unbranched alkanes of at least 4 members (excludes halogenated alkanes) is 1. The molecule has 0 radical (unpaired) electrons. The van der Waals surface area contributed by atoms with Crippen molar-refractivity contribution in [1.82, 2.24) is 16.0 Å². The molecule has 0 heterocycles. The molecule has 0 bridgehead atoms. The topological polar surface area (TPSA) is 197 Å². The van der Waals surface area contributed by atoms with E-state index < -0.39 is 54.5 Å². The molecule has 5 unspecified atom stereocenters. The molecule has 0 aromatic carbocycles. The number of carbonyl (C=O) groups excluding carboxylic acids is 3. The number of carboxylic acid groups (broad SMARTS) is 1. The molecule has 0 aliphatic carbocycles. The minimum absolute atomic E-state index is 0.0704. The zero-order valence-corrected chi connectivity index (χ0v) is 19.6. The van der Waals surface area contributed by atoms with Gasteiger partial charge in [-0.2, -0.15) is 0 Å². The van der Waals surface area contributed by atoms with Crippen molar-refractivity contribution in [1.29, 1.82) is 0 Å². The first-order valence-electron chi connectivity index (χ1n) is 11.2. The van der Waals surface area contributed by atoms with Crippen molar-refractivity contribution in [2.24, 2.45) is 23.3 Å². The maximum absolute atomic E-state index is 13.0. The maximum atomic E-state index is 13.0. The third kappa shape index (κ3) is 10.9. The van der Waals surface area contributed by atoms with Crippen LogP contribution in [0, 0.1) is 11.8 Å². The van der Waals surface area contributed by atoms with E-state index in [0.29, 0.717) is 32.2 Å². The van der Waals surface area contributed by atoms with Crippen molar-refractivity contribution < 1.29 is 29.4 Å². The molecular formula is C21H41N5O6. The predicted molar refractivity (Wildman–Crippen MR) is 120 cm³/mol. The normalized spacial score (nSPS) is 15.9. The summed E-state index contributed by atoms with van der Waals surface area (Å²) in [5.74, 6) is -3.14. The Hall–Kier alpha value is -2.24. The van der Waals surface area contributed by atoms with Crippen LogP contribution in [-0.2, 0) is 19.2 Å². The number of amides is 3. The molecule has 0 aromatic heterocycles. The molecular weight excluding hydrogens is 418 g/mol. The Labute approximate surface area is 190 Å². The van der Waals surface area contributed by atoms with Crippen molar-refractivity contribution in [2.45, 2.75) is 84.0 Å². The van der Waals surface area contributed by atoms with Gasteiger partial charge in [0.2, 0.25) is 17.7 Å². The highest BCUT2D eigenvalue weighted by atomic mass is 16.4. The van der Waals surface area contributed by atoms with Crippen LogP contribution in [0.1, 0.15) is 59.8 Å². The van der Waals surface area contributed by atoms with Gasteiger partial charge in [-0.05, 0) is 44.1 Å². The molecule has 9 N–H and O–H groups in total. The molecule has 11 nitrogen and oxygen atoms in total. The summed E-state index contributed by atoms with van der Waals surface area (Å²) in [5, 5.41) is 25.7. The Morgan fingerprint density at radius 3 is 1.88 bits per heavy atom. The fourth-order valence-electron chi connectivity index (χ4n) is 2.97. The molecule has 0 saturated carbocycles. The van der Waals surface area contributed by atoms with Crippen LogP contribution in [0.25, 0.3) is 0 Å². The van der Waals surface area contributed by atoms with E-state index in [1.807, 2.05) is 27.7 Å². The van der Waals surface area contributed by atoms with Crippen molar-refractivity contribution in [3.05, 3.63) is 0 Å². The van der Waals surface area contributed by atoms with Crippen LogP contribution in [0.4, 0.5) is 0 Å². The lowest BCUT2D eigenvalue weighted by Gasteiger charge is -2.26. The summed E-state index contributed by atoms with van der Waals surface area (Å²) in [6, 6.07) is -4.21. The first kappa shape index (κ1) is 29.8. The molecule has 0 fully saturated rings. The first-order chi connectivity index (χ1) is 15.0. The van der Waals surface area contributed by atoms with Crippen molar-refractivity contribution in [3.8, 4) is 0 Å². The fraction of sp³-hybridized carbons (Fsp3) is 0.810. The fourth-order valence-corrected chi connectivity index (χ4v) is 2.97. The average Bonchev–Trinajstić information content (AvgIpc) is 2.74. The zero-order chi connectivity index (χ0) is 24.8. The number of aliphatic hydroxyl groups is 1. The number of aliphatic hydroxyl groups excluding tert-OH is 1. The van der Waals surface area contributed by atoms with Crippen LogP contribution < -0.4 is 27.4 Å². The monoisotopic (exact) mass is 459 g/mol. The molecule has 32 heavy (non-hydrogen) atoms. The second-order valence-corrected chi connectivity index (χ2v) is 8.53. The van der Waals surface area contributed by atoms with E-state index in [-0.39, 0.29) is 18.3 Å². The summed E-state index contributed by atoms with van der Waals surface area (Å²) >= 11 is 0. The average molecular weight is 460 g/mol. The third-order valence-corrected chi connectivity index (χ3v) is 5.28. The Morgan fingerprint density at radius 2 is 1.41 bits per heavy atom. The molecule has 11 heteroatoms. The van der Waals surface area contributed by atoms with Gasteiger partial charge in [-0.1, -0.05) is 34.1 Å². The van der Waals surface area contributed by atoms with Gasteiger partial charge in [0.25, 0.3) is 0 Å². The SMILES string of the molecule is CCC(C)C(N)C(=O)NC(CC(C)C)C(=O)NC(CCCCN)C(=O)NC(CO)C(=O)O. The van der Waals surface area contributed by atoms with Crippen LogP contribution in [-0.4, -0.2) is 71.2 Å². The van der Waals surface area contributed by atoms with E-state index in [1.54, 1.807) is 0 Å². The molecule has 3 amide bonds. The Kier molecular flexibility index (Phi) is 14.5. The summed E-state index contributed by atoms with van der Waals surface area (Å²) in [7, 11) is 0. The lowest BCUT2D eigenvalue weighted by atomic mass is 9.97. The highest BCUT2D eigenvalue weighted by Crippen LogP contribution is 2.10. The van der Waals surface area contributed by atoms with E-state index in [4.69, 9.17) is 21.7 Å². The second kappa shape index (κ2) is 15.5. The van der Waals surface area contributed by atoms with Crippen LogP contribution in [0.3, 0.4) is 0 Å². The second-order valence-electron chi connectivity index (χ2n) is 8.53.